The molecule has 0 aliphatic carbocycles. The molecule has 0 aromatic heterocycles. The van der Waals surface area contributed by atoms with Crippen LogP contribution in [-0.2, 0) is 12.7 Å². The maximum atomic E-state index is 13.2. The summed E-state index contributed by atoms with van der Waals surface area (Å²) in [6, 6.07) is 12.5. The van der Waals surface area contributed by atoms with Crippen molar-refractivity contribution in [3.05, 3.63) is 65.2 Å². The first-order chi connectivity index (χ1) is 12.4. The number of para-hydroxylation sites is 1. The lowest BCUT2D eigenvalue weighted by molar-refractivity contribution is -0.138. The molecule has 1 spiro atoms. The molecule has 0 saturated carbocycles. The Bertz CT molecular complexity index is 853. The molecule has 4 rings (SSSR count). The zero-order chi connectivity index (χ0) is 18.4. The molecule has 2 aliphatic rings. The van der Waals surface area contributed by atoms with Crippen LogP contribution in [0, 0.1) is 0 Å². The van der Waals surface area contributed by atoms with Crippen LogP contribution in [0.4, 0.5) is 13.2 Å². The highest BCUT2D eigenvalue weighted by Crippen LogP contribution is 2.35. The zero-order valence-corrected chi connectivity index (χ0v) is 13.8. The maximum absolute atomic E-state index is 13.2. The van der Waals surface area contributed by atoms with Gasteiger partial charge in [-0.3, -0.25) is 9.69 Å². The van der Waals surface area contributed by atoms with Crippen LogP contribution in [0.2, 0.25) is 0 Å². The smallest absolute Gasteiger partial charge is 0.416 e. The van der Waals surface area contributed by atoms with Crippen LogP contribution in [0.25, 0.3) is 0 Å². The Morgan fingerprint density at radius 1 is 1.12 bits per heavy atom. The van der Waals surface area contributed by atoms with Crippen molar-refractivity contribution in [1.29, 1.82) is 0 Å². The number of ether oxygens (including phenoxy) is 1. The minimum atomic E-state index is -4.39. The van der Waals surface area contributed by atoms with Gasteiger partial charge in [-0.25, -0.2) is 0 Å². The van der Waals surface area contributed by atoms with Crippen molar-refractivity contribution in [3.63, 3.8) is 0 Å². The maximum Gasteiger partial charge on any atom is 0.416 e. The number of hydrogen-bond acceptors (Lipinski definition) is 3. The number of halogens is 3. The van der Waals surface area contributed by atoms with Gasteiger partial charge in [-0.05, 0) is 23.8 Å². The number of nitrogens with one attached hydrogen (secondary N) is 1. The van der Waals surface area contributed by atoms with E-state index in [0.29, 0.717) is 30.8 Å². The molecule has 1 atom stereocenters. The van der Waals surface area contributed by atoms with Gasteiger partial charge in [0.25, 0.3) is 5.91 Å². The second-order valence-electron chi connectivity index (χ2n) is 6.66. The number of likely N-dealkylation sites (tertiary alicyclic amines) is 1. The van der Waals surface area contributed by atoms with E-state index in [1.54, 1.807) is 30.3 Å². The van der Waals surface area contributed by atoms with Crippen molar-refractivity contribution in [3.8, 4) is 5.75 Å². The van der Waals surface area contributed by atoms with Crippen LogP contribution in [0.5, 0.6) is 5.75 Å². The lowest BCUT2D eigenvalue weighted by Crippen LogP contribution is -2.57. The number of carbonyl (C=O) groups excluding carboxylic acids is 1. The van der Waals surface area contributed by atoms with Crippen molar-refractivity contribution in [2.24, 2.45) is 0 Å². The van der Waals surface area contributed by atoms with E-state index in [1.807, 2.05) is 4.90 Å². The number of alkyl halides is 3. The predicted octanol–water partition coefficient (Wildman–Crippen LogP) is 3.43. The third kappa shape index (κ3) is 3.03. The minimum absolute atomic E-state index is 0.151. The SMILES string of the molecule is O=C1NC2(CCN(Cc3ccccc3C(F)(F)F)C2)Oc2ccccc21. The zero-order valence-electron chi connectivity index (χ0n) is 13.8. The average molecular weight is 362 g/mol. The van der Waals surface area contributed by atoms with E-state index in [4.69, 9.17) is 4.74 Å². The van der Waals surface area contributed by atoms with E-state index >= 15 is 0 Å². The lowest BCUT2D eigenvalue weighted by atomic mass is 10.1. The van der Waals surface area contributed by atoms with Crippen LogP contribution in [0.1, 0.15) is 27.9 Å². The lowest BCUT2D eigenvalue weighted by Gasteiger charge is -2.36. The Balaban J connectivity index is 1.53. The summed E-state index contributed by atoms with van der Waals surface area (Å²) < 4.78 is 45.6. The first-order valence-corrected chi connectivity index (χ1v) is 8.34. The van der Waals surface area contributed by atoms with E-state index in [9.17, 15) is 18.0 Å². The number of nitrogens with zero attached hydrogens (tertiary/aromatic N) is 1. The molecule has 1 unspecified atom stereocenters. The molecule has 2 aromatic carbocycles. The first-order valence-electron chi connectivity index (χ1n) is 8.34. The highest BCUT2D eigenvalue weighted by atomic mass is 19.4. The second-order valence-corrected chi connectivity index (χ2v) is 6.66. The Labute approximate surface area is 148 Å². The van der Waals surface area contributed by atoms with Gasteiger partial charge in [0.15, 0.2) is 5.72 Å². The number of hydrogen-bond donors (Lipinski definition) is 1. The van der Waals surface area contributed by atoms with Gasteiger partial charge in [-0.2, -0.15) is 13.2 Å². The van der Waals surface area contributed by atoms with Crippen LogP contribution in [0.15, 0.2) is 48.5 Å². The fourth-order valence-electron chi connectivity index (χ4n) is 3.61. The largest absolute Gasteiger partial charge is 0.466 e. The molecule has 1 fully saturated rings. The van der Waals surface area contributed by atoms with E-state index in [-0.39, 0.29) is 18.0 Å². The van der Waals surface area contributed by atoms with E-state index in [2.05, 4.69) is 5.32 Å². The van der Waals surface area contributed by atoms with E-state index < -0.39 is 17.5 Å². The monoisotopic (exact) mass is 362 g/mol. The summed E-state index contributed by atoms with van der Waals surface area (Å²) >= 11 is 0. The number of carbonyl (C=O) groups is 1. The van der Waals surface area contributed by atoms with Crippen molar-refractivity contribution in [2.45, 2.75) is 24.9 Å². The second kappa shape index (κ2) is 6.02. The molecule has 0 bridgehead atoms. The minimum Gasteiger partial charge on any atom is -0.466 e. The number of rotatable bonds is 2. The van der Waals surface area contributed by atoms with E-state index in [0.717, 1.165) is 6.07 Å². The molecule has 1 N–H and O–H groups in total. The summed E-state index contributed by atoms with van der Waals surface area (Å²) in [7, 11) is 0. The topological polar surface area (TPSA) is 41.6 Å². The molecule has 1 saturated heterocycles. The molecule has 26 heavy (non-hydrogen) atoms. The number of fused-ring (bicyclic) bond motifs is 1. The van der Waals surface area contributed by atoms with Gasteiger partial charge in [0.1, 0.15) is 5.75 Å². The molecule has 2 heterocycles. The fourth-order valence-corrected chi connectivity index (χ4v) is 3.61. The number of benzene rings is 2. The molecular weight excluding hydrogens is 345 g/mol. The molecule has 4 nitrogen and oxygen atoms in total. The van der Waals surface area contributed by atoms with Crippen LogP contribution < -0.4 is 10.1 Å². The van der Waals surface area contributed by atoms with Crippen LogP contribution >= 0.6 is 0 Å². The van der Waals surface area contributed by atoms with Gasteiger partial charge >= 0.3 is 6.18 Å². The number of amides is 1. The molecule has 7 heteroatoms. The van der Waals surface area contributed by atoms with Crippen LogP contribution in [0.3, 0.4) is 0 Å². The molecular formula is C19H17F3N2O2. The van der Waals surface area contributed by atoms with Gasteiger partial charge in [-0.15, -0.1) is 0 Å². The summed E-state index contributed by atoms with van der Waals surface area (Å²) in [5, 5.41) is 2.88. The molecule has 2 aliphatic heterocycles. The standard InChI is InChI=1S/C19H17F3N2O2/c20-19(21,22)15-7-3-1-5-13(15)11-24-10-9-18(12-24)23-17(25)14-6-2-4-8-16(14)26-18/h1-8H,9-12H2,(H,23,25). The van der Waals surface area contributed by atoms with Crippen molar-refractivity contribution >= 4 is 5.91 Å². The quantitative estimate of drug-likeness (QED) is 0.890. The Morgan fingerprint density at radius 2 is 1.85 bits per heavy atom. The molecule has 0 radical (unpaired) electrons. The highest BCUT2D eigenvalue weighted by molar-refractivity contribution is 5.98. The van der Waals surface area contributed by atoms with Crippen molar-refractivity contribution in [1.82, 2.24) is 10.2 Å². The summed E-state index contributed by atoms with van der Waals surface area (Å²) in [6.45, 7) is 1.02. The van der Waals surface area contributed by atoms with Gasteiger partial charge in [0.05, 0.1) is 17.7 Å². The highest BCUT2D eigenvalue weighted by Gasteiger charge is 2.45. The van der Waals surface area contributed by atoms with Gasteiger partial charge in [-0.1, -0.05) is 30.3 Å². The Kier molecular flexibility index (Phi) is 3.91. The average Bonchev–Trinajstić information content (AvgIpc) is 2.96. The van der Waals surface area contributed by atoms with Gasteiger partial charge in [0.2, 0.25) is 0 Å². The molecule has 2 aromatic rings. The summed E-state index contributed by atoms with van der Waals surface area (Å²) in [5.74, 6) is 0.290. The molecule has 1 amide bonds. The fraction of sp³-hybridized carbons (Fsp3) is 0.316. The summed E-state index contributed by atoms with van der Waals surface area (Å²) in [6.07, 6.45) is -3.87. The van der Waals surface area contributed by atoms with Crippen LogP contribution in [-0.4, -0.2) is 29.6 Å². The Morgan fingerprint density at radius 3 is 2.65 bits per heavy atom. The Hall–Kier alpha value is -2.54. The van der Waals surface area contributed by atoms with Crippen molar-refractivity contribution < 1.29 is 22.7 Å². The van der Waals surface area contributed by atoms with Crippen molar-refractivity contribution in [2.75, 3.05) is 13.1 Å². The first kappa shape index (κ1) is 16.9. The van der Waals surface area contributed by atoms with Gasteiger partial charge in [0, 0.05) is 19.5 Å². The summed E-state index contributed by atoms with van der Waals surface area (Å²) in [5.41, 5.74) is -0.822. The summed E-state index contributed by atoms with van der Waals surface area (Å²) in [4.78, 5) is 14.2. The van der Waals surface area contributed by atoms with E-state index in [1.165, 1.54) is 12.1 Å². The third-order valence-corrected chi connectivity index (χ3v) is 4.81. The molecule has 136 valence electrons. The predicted molar refractivity (Wildman–Crippen MR) is 88.6 cm³/mol. The van der Waals surface area contributed by atoms with Gasteiger partial charge < -0.3 is 10.1 Å². The third-order valence-electron chi connectivity index (χ3n) is 4.81. The normalized spacial score (nSPS) is 22.8.